The minimum atomic E-state index is 0.478. The Morgan fingerprint density at radius 3 is 2.11 bits per heavy atom. The molecular formula is C18H36. The van der Waals surface area contributed by atoms with E-state index in [2.05, 4.69) is 55.4 Å². The number of rotatable bonds is 5. The molecule has 0 aliphatic heterocycles. The summed E-state index contributed by atoms with van der Waals surface area (Å²) in [5, 5.41) is 0. The van der Waals surface area contributed by atoms with Crippen LogP contribution in [0.25, 0.3) is 0 Å². The van der Waals surface area contributed by atoms with Crippen molar-refractivity contribution in [1.29, 1.82) is 0 Å². The molecule has 0 spiro atoms. The maximum Gasteiger partial charge on any atom is -0.0290 e. The van der Waals surface area contributed by atoms with Crippen molar-refractivity contribution < 1.29 is 0 Å². The maximum absolute atomic E-state index is 2.53. The van der Waals surface area contributed by atoms with E-state index in [-0.39, 0.29) is 0 Å². The van der Waals surface area contributed by atoms with Gasteiger partial charge in [0.2, 0.25) is 0 Å². The second kappa shape index (κ2) is 5.55. The van der Waals surface area contributed by atoms with E-state index < -0.39 is 0 Å². The Hall–Kier alpha value is 0. The Kier molecular flexibility index (Phi) is 4.95. The van der Waals surface area contributed by atoms with Crippen LogP contribution in [0.5, 0.6) is 0 Å². The third-order valence-electron chi connectivity index (χ3n) is 5.41. The third kappa shape index (κ3) is 3.52. The van der Waals surface area contributed by atoms with Gasteiger partial charge < -0.3 is 0 Å². The third-order valence-corrected chi connectivity index (χ3v) is 5.41. The van der Waals surface area contributed by atoms with E-state index in [0.717, 1.165) is 23.7 Å². The summed E-state index contributed by atoms with van der Waals surface area (Å²) >= 11 is 0. The van der Waals surface area contributed by atoms with Gasteiger partial charge in [0.05, 0.1) is 0 Å². The zero-order chi connectivity index (χ0) is 14.1. The van der Waals surface area contributed by atoms with Crippen molar-refractivity contribution in [2.45, 2.75) is 81.1 Å². The fraction of sp³-hybridized carbons (Fsp3) is 1.00. The zero-order valence-corrected chi connectivity index (χ0v) is 14.1. The molecule has 0 aromatic rings. The molecule has 1 fully saturated rings. The Morgan fingerprint density at radius 2 is 1.78 bits per heavy atom. The molecule has 108 valence electrons. The van der Waals surface area contributed by atoms with Gasteiger partial charge in [-0.2, -0.15) is 0 Å². The molecule has 1 aliphatic rings. The largest absolute Gasteiger partial charge is 0.0654 e. The molecule has 4 atom stereocenters. The Balaban J connectivity index is 2.65. The fourth-order valence-corrected chi connectivity index (χ4v) is 4.60. The second-order valence-corrected chi connectivity index (χ2v) is 8.74. The summed E-state index contributed by atoms with van der Waals surface area (Å²) in [7, 11) is 0. The van der Waals surface area contributed by atoms with E-state index in [1.165, 1.54) is 25.7 Å². The average molecular weight is 252 g/mol. The molecule has 0 aromatic carbocycles. The molecule has 0 heterocycles. The lowest BCUT2D eigenvalue weighted by Crippen LogP contribution is -2.50. The Labute approximate surface area is 116 Å². The van der Waals surface area contributed by atoms with Gasteiger partial charge in [-0.1, -0.05) is 68.2 Å². The quantitative estimate of drug-likeness (QED) is 0.550. The van der Waals surface area contributed by atoms with Crippen molar-refractivity contribution >= 4 is 0 Å². The predicted octanol–water partition coefficient (Wildman–Crippen LogP) is 6.16. The van der Waals surface area contributed by atoms with Crippen LogP contribution in [0.15, 0.2) is 0 Å². The van der Waals surface area contributed by atoms with Gasteiger partial charge in [-0.15, -0.1) is 0 Å². The number of hydrogen-bond donors (Lipinski definition) is 0. The van der Waals surface area contributed by atoms with Crippen LogP contribution >= 0.6 is 0 Å². The molecule has 0 amide bonds. The van der Waals surface area contributed by atoms with Gasteiger partial charge in [0.15, 0.2) is 0 Å². The normalized spacial score (nSPS) is 34.5. The SMILES string of the molecule is CCCC(C(C)C)C1CC(C)(CC(C)(C)C)C1C. The van der Waals surface area contributed by atoms with Crippen LogP contribution < -0.4 is 0 Å². The molecular weight excluding hydrogens is 216 g/mol. The van der Waals surface area contributed by atoms with Crippen molar-refractivity contribution in [3.63, 3.8) is 0 Å². The minimum Gasteiger partial charge on any atom is -0.0654 e. The summed E-state index contributed by atoms with van der Waals surface area (Å²) in [6.45, 7) is 19.4. The van der Waals surface area contributed by atoms with Crippen LogP contribution in [0.3, 0.4) is 0 Å². The molecule has 4 unspecified atom stereocenters. The van der Waals surface area contributed by atoms with Gasteiger partial charge in [0.1, 0.15) is 0 Å². The maximum atomic E-state index is 2.53. The van der Waals surface area contributed by atoms with Crippen LogP contribution in [0.1, 0.15) is 81.1 Å². The van der Waals surface area contributed by atoms with Gasteiger partial charge in [-0.25, -0.2) is 0 Å². The van der Waals surface area contributed by atoms with Gasteiger partial charge in [0, 0.05) is 0 Å². The summed E-state index contributed by atoms with van der Waals surface area (Å²) in [6, 6.07) is 0. The van der Waals surface area contributed by atoms with Crippen LogP contribution in [0, 0.1) is 34.5 Å². The van der Waals surface area contributed by atoms with Crippen LogP contribution in [0.4, 0.5) is 0 Å². The highest BCUT2D eigenvalue weighted by molar-refractivity contribution is 5.00. The summed E-state index contributed by atoms with van der Waals surface area (Å²) < 4.78 is 0. The molecule has 1 saturated carbocycles. The predicted molar refractivity (Wildman–Crippen MR) is 82.7 cm³/mol. The first-order valence-electron chi connectivity index (χ1n) is 8.10. The topological polar surface area (TPSA) is 0 Å². The van der Waals surface area contributed by atoms with E-state index in [4.69, 9.17) is 0 Å². The zero-order valence-electron chi connectivity index (χ0n) is 14.1. The van der Waals surface area contributed by atoms with Crippen molar-refractivity contribution in [3.05, 3.63) is 0 Å². The Bertz CT molecular complexity index is 258. The van der Waals surface area contributed by atoms with Gasteiger partial charge >= 0.3 is 0 Å². The summed E-state index contributed by atoms with van der Waals surface area (Å²) in [5.41, 5.74) is 1.08. The fourth-order valence-electron chi connectivity index (χ4n) is 4.60. The summed E-state index contributed by atoms with van der Waals surface area (Å²) in [4.78, 5) is 0. The smallest absolute Gasteiger partial charge is 0.0290 e. The lowest BCUT2D eigenvalue weighted by molar-refractivity contribution is -0.0849. The lowest BCUT2D eigenvalue weighted by atomic mass is 9.47. The van der Waals surface area contributed by atoms with E-state index in [0.29, 0.717) is 10.8 Å². The first-order valence-corrected chi connectivity index (χ1v) is 8.10. The highest BCUT2D eigenvalue weighted by atomic mass is 14.6. The second-order valence-electron chi connectivity index (χ2n) is 8.74. The molecule has 0 bridgehead atoms. The van der Waals surface area contributed by atoms with Crippen LogP contribution in [-0.2, 0) is 0 Å². The molecule has 18 heavy (non-hydrogen) atoms. The lowest BCUT2D eigenvalue weighted by Gasteiger charge is -2.58. The molecule has 1 rings (SSSR count). The summed E-state index contributed by atoms with van der Waals surface area (Å²) in [5.74, 6) is 3.71. The first-order chi connectivity index (χ1) is 8.10. The van der Waals surface area contributed by atoms with Crippen molar-refractivity contribution in [2.75, 3.05) is 0 Å². The van der Waals surface area contributed by atoms with Crippen LogP contribution in [-0.4, -0.2) is 0 Å². The van der Waals surface area contributed by atoms with E-state index >= 15 is 0 Å². The average Bonchev–Trinajstić information content (AvgIpc) is 2.20. The summed E-state index contributed by atoms with van der Waals surface area (Å²) in [6.07, 6.45) is 5.63. The van der Waals surface area contributed by atoms with Crippen molar-refractivity contribution in [3.8, 4) is 0 Å². The number of hydrogen-bond acceptors (Lipinski definition) is 0. The van der Waals surface area contributed by atoms with E-state index in [1.807, 2.05) is 0 Å². The molecule has 0 aromatic heterocycles. The molecule has 0 heteroatoms. The molecule has 0 nitrogen and oxygen atoms in total. The molecule has 0 N–H and O–H groups in total. The van der Waals surface area contributed by atoms with Gasteiger partial charge in [0.25, 0.3) is 0 Å². The van der Waals surface area contributed by atoms with E-state index in [1.54, 1.807) is 0 Å². The van der Waals surface area contributed by atoms with Crippen molar-refractivity contribution in [2.24, 2.45) is 34.5 Å². The Morgan fingerprint density at radius 1 is 1.22 bits per heavy atom. The highest BCUT2D eigenvalue weighted by Gasteiger charge is 2.51. The first kappa shape index (κ1) is 16.1. The minimum absolute atomic E-state index is 0.478. The molecule has 0 radical (unpaired) electrons. The van der Waals surface area contributed by atoms with Crippen LogP contribution in [0.2, 0.25) is 0 Å². The van der Waals surface area contributed by atoms with Gasteiger partial charge in [-0.05, 0) is 47.3 Å². The van der Waals surface area contributed by atoms with Gasteiger partial charge in [-0.3, -0.25) is 0 Å². The molecule has 1 aliphatic carbocycles. The van der Waals surface area contributed by atoms with Crippen molar-refractivity contribution in [1.82, 2.24) is 0 Å². The standard InChI is InChI=1S/C18H36/c1-9-10-15(13(2)3)16-11-18(8,14(16)4)12-17(5,6)7/h13-16H,9-12H2,1-8H3. The highest BCUT2D eigenvalue weighted by Crippen LogP contribution is 2.59. The van der Waals surface area contributed by atoms with E-state index in [9.17, 15) is 0 Å². The molecule has 0 saturated heterocycles. The monoisotopic (exact) mass is 252 g/mol.